The number of fused-ring (bicyclic) bond motifs is 4. The molecule has 2 aliphatic heterocycles. The van der Waals surface area contributed by atoms with Crippen LogP contribution in [0.4, 0.5) is 5.69 Å². The molecule has 2 heterocycles. The number of carbonyl (C=O) groups is 2. The summed E-state index contributed by atoms with van der Waals surface area (Å²) in [5, 5.41) is 0. The Bertz CT molecular complexity index is 942. The minimum Gasteiger partial charge on any atom is -0.367 e. The van der Waals surface area contributed by atoms with Gasteiger partial charge in [-0.2, -0.15) is 0 Å². The van der Waals surface area contributed by atoms with Crippen molar-refractivity contribution in [1.82, 2.24) is 0 Å². The normalized spacial score (nSPS) is 27.4. The number of carbonyl (C=O) groups excluding carboxylic acids is 2. The third kappa shape index (κ3) is 2.86. The van der Waals surface area contributed by atoms with Crippen LogP contribution < -0.4 is 4.90 Å². The lowest BCUT2D eigenvalue weighted by Gasteiger charge is -2.56. The molecule has 2 aromatic rings. The van der Waals surface area contributed by atoms with Crippen molar-refractivity contribution in [2.45, 2.75) is 57.9 Å². The van der Waals surface area contributed by atoms with Crippen LogP contribution in [0, 0.1) is 10.8 Å². The summed E-state index contributed by atoms with van der Waals surface area (Å²) in [5.41, 5.74) is 2.60. The van der Waals surface area contributed by atoms with Gasteiger partial charge in [0.1, 0.15) is 17.0 Å². The fraction of sp³-hybridized carbons (Fsp3) is 0.462. The number of piperidine rings is 1. The molecule has 1 saturated carbocycles. The first-order valence-corrected chi connectivity index (χ1v) is 10.9. The number of rotatable bonds is 1. The van der Waals surface area contributed by atoms with Crippen molar-refractivity contribution in [1.29, 1.82) is 0 Å². The quantitative estimate of drug-likeness (QED) is 0.651. The van der Waals surface area contributed by atoms with Crippen LogP contribution in [-0.4, -0.2) is 24.2 Å². The predicted octanol–water partition coefficient (Wildman–Crippen LogP) is 4.94. The van der Waals surface area contributed by atoms with Crippen LogP contribution in [0.25, 0.3) is 0 Å². The topological polar surface area (TPSA) is 37.4 Å². The second-order valence-corrected chi connectivity index (χ2v) is 9.98. The molecule has 3 aliphatic rings. The summed E-state index contributed by atoms with van der Waals surface area (Å²) in [5.74, 6) is 0.726. The average Bonchev–Trinajstić information content (AvgIpc) is 2.71. The summed E-state index contributed by atoms with van der Waals surface area (Å²) in [4.78, 5) is 29.7. The van der Waals surface area contributed by atoms with E-state index in [0.29, 0.717) is 25.2 Å². The predicted molar refractivity (Wildman–Crippen MR) is 115 cm³/mol. The fourth-order valence-electron chi connectivity index (χ4n) is 6.08. The zero-order valence-corrected chi connectivity index (χ0v) is 17.4. The maximum absolute atomic E-state index is 13.7. The van der Waals surface area contributed by atoms with Gasteiger partial charge in [-0.05, 0) is 47.8 Å². The maximum atomic E-state index is 13.7. The SMILES string of the molecule is CC1(C)CC(=O)C2(Cc3ccccc3N3CC[C@H](c4ccccc4)C[C@@H]32)C(=O)C1. The Labute approximate surface area is 173 Å². The molecule has 0 aromatic heterocycles. The van der Waals surface area contributed by atoms with Gasteiger partial charge in [0.25, 0.3) is 0 Å². The lowest BCUT2D eigenvalue weighted by Crippen LogP contribution is -2.65. The molecule has 0 amide bonds. The highest BCUT2D eigenvalue weighted by Crippen LogP contribution is 2.53. The van der Waals surface area contributed by atoms with Crippen LogP contribution in [-0.2, 0) is 16.0 Å². The molecule has 3 nitrogen and oxygen atoms in total. The van der Waals surface area contributed by atoms with Crippen LogP contribution in [0.5, 0.6) is 0 Å². The van der Waals surface area contributed by atoms with E-state index >= 15 is 0 Å². The fourth-order valence-corrected chi connectivity index (χ4v) is 6.08. The van der Waals surface area contributed by atoms with Gasteiger partial charge in [0.2, 0.25) is 0 Å². The molecule has 3 heteroatoms. The molecule has 0 radical (unpaired) electrons. The van der Waals surface area contributed by atoms with Gasteiger partial charge in [0, 0.05) is 31.1 Å². The van der Waals surface area contributed by atoms with Gasteiger partial charge < -0.3 is 4.90 Å². The summed E-state index contributed by atoms with van der Waals surface area (Å²) in [7, 11) is 0. The van der Waals surface area contributed by atoms with E-state index in [0.717, 1.165) is 24.9 Å². The first-order valence-electron chi connectivity index (χ1n) is 10.9. The molecule has 29 heavy (non-hydrogen) atoms. The molecule has 2 aromatic carbocycles. The zero-order valence-electron chi connectivity index (χ0n) is 17.4. The van der Waals surface area contributed by atoms with Crippen molar-refractivity contribution in [3.63, 3.8) is 0 Å². The summed E-state index contributed by atoms with van der Waals surface area (Å²) in [6.07, 6.45) is 3.50. The van der Waals surface area contributed by atoms with E-state index in [1.54, 1.807) is 0 Å². The molecule has 150 valence electrons. The molecule has 0 N–H and O–H groups in total. The number of benzene rings is 2. The minimum atomic E-state index is -0.878. The lowest BCUT2D eigenvalue weighted by molar-refractivity contribution is -0.151. The summed E-state index contributed by atoms with van der Waals surface area (Å²) < 4.78 is 0. The third-order valence-electron chi connectivity index (χ3n) is 7.49. The largest absolute Gasteiger partial charge is 0.367 e. The zero-order chi connectivity index (χ0) is 20.2. The van der Waals surface area contributed by atoms with Crippen molar-refractivity contribution < 1.29 is 9.59 Å². The summed E-state index contributed by atoms with van der Waals surface area (Å²) >= 11 is 0. The second kappa shape index (κ2) is 6.55. The summed E-state index contributed by atoms with van der Waals surface area (Å²) in [6.45, 7) is 5.00. The molecular weight excluding hydrogens is 358 g/mol. The third-order valence-corrected chi connectivity index (χ3v) is 7.49. The van der Waals surface area contributed by atoms with Gasteiger partial charge in [-0.3, -0.25) is 9.59 Å². The first-order chi connectivity index (χ1) is 13.9. The van der Waals surface area contributed by atoms with E-state index in [1.807, 2.05) is 12.1 Å². The Morgan fingerprint density at radius 1 is 0.862 bits per heavy atom. The molecule has 0 unspecified atom stereocenters. The maximum Gasteiger partial charge on any atom is 0.149 e. The Kier molecular flexibility index (Phi) is 4.20. The summed E-state index contributed by atoms with van der Waals surface area (Å²) in [6, 6.07) is 19.0. The van der Waals surface area contributed by atoms with E-state index in [9.17, 15) is 9.59 Å². The highest BCUT2D eigenvalue weighted by atomic mass is 16.2. The van der Waals surface area contributed by atoms with E-state index < -0.39 is 5.41 Å². The highest BCUT2D eigenvalue weighted by molar-refractivity contribution is 6.11. The van der Waals surface area contributed by atoms with E-state index in [4.69, 9.17) is 0 Å². The molecule has 1 saturated heterocycles. The van der Waals surface area contributed by atoms with E-state index in [-0.39, 0.29) is 23.0 Å². The monoisotopic (exact) mass is 387 g/mol. The van der Waals surface area contributed by atoms with Gasteiger partial charge in [-0.15, -0.1) is 0 Å². The van der Waals surface area contributed by atoms with Crippen LogP contribution >= 0.6 is 0 Å². The number of anilines is 1. The molecule has 0 bridgehead atoms. The van der Waals surface area contributed by atoms with Crippen molar-refractivity contribution in [2.24, 2.45) is 10.8 Å². The average molecular weight is 388 g/mol. The van der Waals surface area contributed by atoms with E-state index in [2.05, 4.69) is 61.2 Å². The van der Waals surface area contributed by atoms with Gasteiger partial charge in [0.05, 0.1) is 0 Å². The highest BCUT2D eigenvalue weighted by Gasteiger charge is 2.60. The Morgan fingerprint density at radius 2 is 1.52 bits per heavy atom. The minimum absolute atomic E-state index is 0.0348. The molecular formula is C26H29NO2. The van der Waals surface area contributed by atoms with Crippen LogP contribution in [0.1, 0.15) is 56.6 Å². The first kappa shape index (κ1) is 18.6. The number of ketones is 2. The smallest absolute Gasteiger partial charge is 0.149 e. The van der Waals surface area contributed by atoms with E-state index in [1.165, 1.54) is 11.3 Å². The molecule has 2 atom stereocenters. The number of Topliss-reactive ketones (excluding diaryl/α,β-unsaturated/α-hetero) is 2. The number of para-hydroxylation sites is 1. The Balaban J connectivity index is 1.61. The molecule has 1 spiro atoms. The Hall–Kier alpha value is -2.42. The lowest BCUT2D eigenvalue weighted by atomic mass is 9.55. The van der Waals surface area contributed by atoms with Crippen molar-refractivity contribution >= 4 is 17.3 Å². The Morgan fingerprint density at radius 3 is 2.24 bits per heavy atom. The standard InChI is InChI=1S/C26H29NO2/c1-25(2)16-23(28)26(24(29)17-25)15-20-10-6-7-11-21(20)27-13-12-19(14-22(26)27)18-8-4-3-5-9-18/h3-11,19,22H,12-17H2,1-2H3/t19-,22+/m0/s1. The van der Waals surface area contributed by atoms with Gasteiger partial charge >= 0.3 is 0 Å². The van der Waals surface area contributed by atoms with Crippen LogP contribution in [0.2, 0.25) is 0 Å². The van der Waals surface area contributed by atoms with Crippen LogP contribution in [0.15, 0.2) is 54.6 Å². The second-order valence-electron chi connectivity index (χ2n) is 9.98. The number of hydrogen-bond donors (Lipinski definition) is 0. The van der Waals surface area contributed by atoms with Crippen LogP contribution in [0.3, 0.4) is 0 Å². The number of hydrogen-bond acceptors (Lipinski definition) is 3. The van der Waals surface area contributed by atoms with Crippen molar-refractivity contribution in [3.05, 3.63) is 65.7 Å². The number of nitrogens with zero attached hydrogens (tertiary/aromatic N) is 1. The molecule has 1 aliphatic carbocycles. The van der Waals surface area contributed by atoms with Crippen molar-refractivity contribution in [3.8, 4) is 0 Å². The van der Waals surface area contributed by atoms with Gasteiger partial charge in [0.15, 0.2) is 0 Å². The molecule has 5 rings (SSSR count). The molecule has 2 fully saturated rings. The van der Waals surface area contributed by atoms with Gasteiger partial charge in [-0.1, -0.05) is 62.4 Å². The van der Waals surface area contributed by atoms with Crippen molar-refractivity contribution in [2.75, 3.05) is 11.4 Å². The van der Waals surface area contributed by atoms with Gasteiger partial charge in [-0.25, -0.2) is 0 Å².